The minimum atomic E-state index is -0.562. The van der Waals surface area contributed by atoms with Crippen LogP contribution in [0.15, 0.2) is 41.6 Å². The molecule has 0 saturated heterocycles. The maximum atomic E-state index is 12.4. The van der Waals surface area contributed by atoms with Gasteiger partial charge in [-0.3, -0.25) is 4.79 Å². The zero-order chi connectivity index (χ0) is 18.7. The largest absolute Gasteiger partial charge is 0.456 e. The van der Waals surface area contributed by atoms with Gasteiger partial charge in [-0.2, -0.15) is 10.1 Å². The van der Waals surface area contributed by atoms with Gasteiger partial charge in [0.1, 0.15) is 17.5 Å². The molecule has 0 bridgehead atoms. The number of carbonyl (C=O) groups excluding carboxylic acids is 2. The lowest BCUT2D eigenvalue weighted by Gasteiger charge is -2.24. The van der Waals surface area contributed by atoms with Gasteiger partial charge < -0.3 is 4.74 Å². The molecule has 134 valence electrons. The van der Waals surface area contributed by atoms with Crippen molar-refractivity contribution in [2.75, 3.05) is 5.01 Å². The summed E-state index contributed by atoms with van der Waals surface area (Å²) in [6, 6.07) is 9.21. The average Bonchev–Trinajstić information content (AvgIpc) is 2.63. The van der Waals surface area contributed by atoms with Crippen LogP contribution in [-0.4, -0.2) is 22.6 Å². The minimum Gasteiger partial charge on any atom is -0.456 e. The first-order chi connectivity index (χ1) is 12.5. The molecule has 0 radical (unpaired) electrons. The van der Waals surface area contributed by atoms with Crippen LogP contribution in [-0.2, 0) is 20.9 Å². The van der Waals surface area contributed by atoms with E-state index in [2.05, 4.69) is 10.1 Å². The lowest BCUT2D eigenvalue weighted by molar-refractivity contribution is -0.137. The molecular formula is C19H18ClN3O3. The first kappa shape index (κ1) is 18.1. The Kier molecular flexibility index (Phi) is 5.32. The zero-order valence-corrected chi connectivity index (χ0v) is 15.3. The van der Waals surface area contributed by atoms with Crippen LogP contribution in [0.4, 0.5) is 5.69 Å². The van der Waals surface area contributed by atoms with E-state index in [1.54, 1.807) is 18.3 Å². The summed E-state index contributed by atoms with van der Waals surface area (Å²) < 4.78 is 5.29. The summed E-state index contributed by atoms with van der Waals surface area (Å²) in [5.74, 6) is -0.710. The molecule has 0 saturated carbocycles. The molecule has 1 aromatic heterocycles. The number of halogens is 1. The fraction of sp³-hybridized carbons (Fsp3) is 0.263. The monoisotopic (exact) mass is 371 g/mol. The summed E-state index contributed by atoms with van der Waals surface area (Å²) in [5.41, 5.74) is 3.42. The molecule has 26 heavy (non-hydrogen) atoms. The molecule has 2 heterocycles. The molecule has 2 aromatic rings. The first-order valence-electron chi connectivity index (χ1n) is 8.20. The number of esters is 1. The molecule has 0 spiro atoms. The Morgan fingerprint density at radius 2 is 2.08 bits per heavy atom. The van der Waals surface area contributed by atoms with Crippen LogP contribution in [0.3, 0.4) is 0 Å². The summed E-state index contributed by atoms with van der Waals surface area (Å²) in [5, 5.41) is 5.83. The van der Waals surface area contributed by atoms with Crippen molar-refractivity contribution >= 4 is 34.9 Å². The van der Waals surface area contributed by atoms with Crippen molar-refractivity contribution in [3.05, 3.63) is 58.4 Å². The number of amides is 1. The van der Waals surface area contributed by atoms with Crippen LogP contribution in [0.5, 0.6) is 0 Å². The number of carbonyl (C=O) groups is 2. The van der Waals surface area contributed by atoms with Gasteiger partial charge in [0.2, 0.25) is 5.91 Å². The van der Waals surface area contributed by atoms with Crippen LogP contribution >= 0.6 is 11.6 Å². The maximum Gasteiger partial charge on any atom is 0.354 e. The molecule has 7 heteroatoms. The van der Waals surface area contributed by atoms with Gasteiger partial charge in [-0.1, -0.05) is 29.8 Å². The van der Waals surface area contributed by atoms with Crippen LogP contribution < -0.4 is 5.01 Å². The number of pyridine rings is 1. The number of hydrogen-bond donors (Lipinski definition) is 0. The molecule has 0 aliphatic carbocycles. The van der Waals surface area contributed by atoms with Crippen molar-refractivity contribution in [2.24, 2.45) is 5.10 Å². The predicted octanol–water partition coefficient (Wildman–Crippen LogP) is 3.58. The van der Waals surface area contributed by atoms with Gasteiger partial charge in [-0.05, 0) is 37.1 Å². The van der Waals surface area contributed by atoms with Crippen molar-refractivity contribution in [3.63, 3.8) is 0 Å². The van der Waals surface area contributed by atoms with Crippen molar-refractivity contribution in [2.45, 2.75) is 33.3 Å². The molecule has 1 aliphatic heterocycles. The second kappa shape index (κ2) is 7.66. The number of benzene rings is 1. The summed E-state index contributed by atoms with van der Waals surface area (Å²) in [7, 11) is 0. The molecular weight excluding hydrogens is 354 g/mol. The highest BCUT2D eigenvalue weighted by Crippen LogP contribution is 2.25. The van der Waals surface area contributed by atoms with Crippen molar-refractivity contribution < 1.29 is 14.3 Å². The highest BCUT2D eigenvalue weighted by Gasteiger charge is 2.27. The number of aromatic nitrogens is 1. The molecule has 1 aliphatic rings. The number of rotatable bonds is 4. The van der Waals surface area contributed by atoms with Crippen LogP contribution in [0.2, 0.25) is 5.15 Å². The van der Waals surface area contributed by atoms with Gasteiger partial charge in [-0.15, -0.1) is 0 Å². The number of anilines is 1. The summed E-state index contributed by atoms with van der Waals surface area (Å²) in [6.07, 6.45) is 2.02. The molecule has 6 nitrogen and oxygen atoms in total. The van der Waals surface area contributed by atoms with Crippen molar-refractivity contribution in [1.29, 1.82) is 0 Å². The van der Waals surface area contributed by atoms with Crippen LogP contribution in [0.1, 0.15) is 29.5 Å². The quantitative estimate of drug-likeness (QED) is 0.608. The van der Waals surface area contributed by atoms with Crippen LogP contribution in [0, 0.1) is 13.8 Å². The molecule has 0 fully saturated rings. The molecule has 0 N–H and O–H groups in total. The Hall–Kier alpha value is -2.73. The first-order valence-corrected chi connectivity index (χ1v) is 8.57. The average molecular weight is 372 g/mol. The molecule has 0 unspecified atom stereocenters. The smallest absolute Gasteiger partial charge is 0.354 e. The van der Waals surface area contributed by atoms with E-state index in [9.17, 15) is 9.59 Å². The Bertz CT molecular complexity index is 895. The van der Waals surface area contributed by atoms with Gasteiger partial charge in [-0.25, -0.2) is 9.78 Å². The Labute approximate surface area is 156 Å². The van der Waals surface area contributed by atoms with E-state index in [4.69, 9.17) is 16.3 Å². The third-order valence-electron chi connectivity index (χ3n) is 4.06. The number of ether oxygens (including phenoxy) is 1. The Balaban J connectivity index is 1.79. The summed E-state index contributed by atoms with van der Waals surface area (Å²) in [6.45, 7) is 3.84. The number of nitrogens with zero attached hydrogens (tertiary/aromatic N) is 3. The molecule has 0 atom stereocenters. The Morgan fingerprint density at radius 1 is 1.27 bits per heavy atom. The highest BCUT2D eigenvalue weighted by molar-refractivity contribution is 6.38. The number of aryl methyl sites for hydroxylation is 2. The maximum absolute atomic E-state index is 12.4. The van der Waals surface area contributed by atoms with Gasteiger partial charge >= 0.3 is 5.97 Å². The molecule has 3 rings (SSSR count). The molecule has 1 aromatic carbocycles. The summed E-state index contributed by atoms with van der Waals surface area (Å²) in [4.78, 5) is 28.6. The SMILES string of the molecule is Cc1ccc(C)c(N2N=C(C(=O)OCc3cccnc3Cl)CCC2=O)c1. The van der Waals surface area contributed by atoms with Gasteiger partial charge in [0.25, 0.3) is 0 Å². The fourth-order valence-electron chi connectivity index (χ4n) is 2.59. The lowest BCUT2D eigenvalue weighted by atomic mass is 10.1. The van der Waals surface area contributed by atoms with Crippen LogP contribution in [0.25, 0.3) is 0 Å². The van der Waals surface area contributed by atoms with Gasteiger partial charge in [0, 0.05) is 24.6 Å². The number of hydrazone groups is 1. The summed E-state index contributed by atoms with van der Waals surface area (Å²) >= 11 is 5.96. The second-order valence-electron chi connectivity index (χ2n) is 6.07. The fourth-order valence-corrected chi connectivity index (χ4v) is 2.76. The normalized spacial score (nSPS) is 14.2. The number of hydrogen-bond acceptors (Lipinski definition) is 5. The van der Waals surface area contributed by atoms with Gasteiger partial charge in [0.05, 0.1) is 5.69 Å². The van der Waals surface area contributed by atoms with E-state index in [0.29, 0.717) is 11.3 Å². The van der Waals surface area contributed by atoms with E-state index in [0.717, 1.165) is 11.1 Å². The van der Waals surface area contributed by atoms with E-state index < -0.39 is 5.97 Å². The third kappa shape index (κ3) is 3.91. The van der Waals surface area contributed by atoms with Crippen molar-refractivity contribution in [3.8, 4) is 0 Å². The Morgan fingerprint density at radius 3 is 2.85 bits per heavy atom. The van der Waals surface area contributed by atoms with E-state index in [-0.39, 0.29) is 36.2 Å². The van der Waals surface area contributed by atoms with E-state index >= 15 is 0 Å². The van der Waals surface area contributed by atoms with E-state index in [1.165, 1.54) is 5.01 Å². The third-order valence-corrected chi connectivity index (χ3v) is 4.40. The van der Waals surface area contributed by atoms with Crippen molar-refractivity contribution in [1.82, 2.24) is 4.98 Å². The van der Waals surface area contributed by atoms with E-state index in [1.807, 2.05) is 32.0 Å². The lowest BCUT2D eigenvalue weighted by Crippen LogP contribution is -2.35. The minimum absolute atomic E-state index is 0.00193. The van der Waals surface area contributed by atoms with Gasteiger partial charge in [0.15, 0.2) is 0 Å². The molecule has 1 amide bonds. The zero-order valence-electron chi connectivity index (χ0n) is 14.5. The standard InChI is InChI=1S/C19H18ClN3O3/c1-12-5-6-13(2)16(10-12)23-17(24)8-7-15(22-23)19(25)26-11-14-4-3-9-21-18(14)20/h3-6,9-10H,7-8,11H2,1-2H3. The highest BCUT2D eigenvalue weighted by atomic mass is 35.5. The second-order valence-corrected chi connectivity index (χ2v) is 6.43. The topological polar surface area (TPSA) is 71.9 Å². The predicted molar refractivity (Wildman–Crippen MR) is 99.1 cm³/mol.